The first-order valence-electron chi connectivity index (χ1n) is 5.77. The third kappa shape index (κ3) is 2.72. The van der Waals surface area contributed by atoms with Gasteiger partial charge in [-0.3, -0.25) is 4.79 Å². The molecule has 1 aromatic heterocycles. The first-order chi connectivity index (χ1) is 10.1. The number of hydrogen-bond donors (Lipinski definition) is 2. The molecule has 0 unspecified atom stereocenters. The van der Waals surface area contributed by atoms with Crippen LogP contribution in [0.3, 0.4) is 0 Å². The van der Waals surface area contributed by atoms with Gasteiger partial charge >= 0.3 is 0 Å². The molecule has 3 aromatic rings. The fourth-order valence-corrected chi connectivity index (χ4v) is 2.74. The Balaban J connectivity index is 1.98. The summed E-state index contributed by atoms with van der Waals surface area (Å²) in [4.78, 5) is 12.3. The van der Waals surface area contributed by atoms with Gasteiger partial charge in [0.15, 0.2) is 0 Å². The van der Waals surface area contributed by atoms with Crippen LogP contribution in [0, 0.1) is 5.82 Å². The molecule has 0 radical (unpaired) electrons. The highest BCUT2D eigenvalue weighted by atomic mass is 35.5. The highest BCUT2D eigenvalue weighted by molar-refractivity contribution is 7.80. The second-order valence-corrected chi connectivity index (χ2v) is 5.59. The summed E-state index contributed by atoms with van der Waals surface area (Å²) in [5, 5.41) is 3.04. The van der Waals surface area contributed by atoms with E-state index < -0.39 is 11.7 Å². The maximum absolute atomic E-state index is 13.2. The van der Waals surface area contributed by atoms with Crippen LogP contribution >= 0.6 is 36.0 Å². The highest BCUT2D eigenvalue weighted by Crippen LogP contribution is 2.30. The molecule has 0 saturated heterocycles. The fourth-order valence-electron chi connectivity index (χ4n) is 1.79. The number of rotatable bonds is 2. The third-order valence-corrected chi connectivity index (χ3v) is 4.02. The number of nitrogens with zero attached hydrogens (tertiary/aromatic N) is 2. The average Bonchev–Trinajstić information content (AvgIpc) is 2.93. The van der Waals surface area contributed by atoms with Crippen molar-refractivity contribution in [2.45, 2.75) is 4.90 Å². The van der Waals surface area contributed by atoms with Crippen molar-refractivity contribution in [3.63, 3.8) is 0 Å². The normalized spacial score (nSPS) is 10.8. The van der Waals surface area contributed by atoms with Gasteiger partial charge in [0.05, 0.1) is 22.4 Å². The van der Waals surface area contributed by atoms with Crippen LogP contribution in [0.25, 0.3) is 11.0 Å². The number of anilines is 1. The fraction of sp³-hybridized carbons (Fsp3) is 0. The number of hydrogen-bond acceptors (Lipinski definition) is 5. The SMILES string of the molecule is O=C(Nc1c(Cl)ccc2nsnc12)c1ccc(F)c(S)c1. The van der Waals surface area contributed by atoms with Crippen LogP contribution < -0.4 is 5.32 Å². The molecule has 0 aliphatic heterocycles. The van der Waals surface area contributed by atoms with E-state index in [0.29, 0.717) is 21.7 Å². The molecule has 0 aliphatic rings. The summed E-state index contributed by atoms with van der Waals surface area (Å²) in [6, 6.07) is 7.26. The predicted molar refractivity (Wildman–Crippen MR) is 84.0 cm³/mol. The van der Waals surface area contributed by atoms with Crippen LogP contribution in [0.2, 0.25) is 5.02 Å². The van der Waals surface area contributed by atoms with Crippen LogP contribution in [-0.4, -0.2) is 14.7 Å². The van der Waals surface area contributed by atoms with Gasteiger partial charge in [-0.25, -0.2) is 4.39 Å². The molecule has 4 nitrogen and oxygen atoms in total. The summed E-state index contributed by atoms with van der Waals surface area (Å²) >= 11 is 11.1. The van der Waals surface area contributed by atoms with Crippen molar-refractivity contribution in [2.75, 3.05) is 5.32 Å². The van der Waals surface area contributed by atoms with E-state index in [1.165, 1.54) is 18.2 Å². The van der Waals surface area contributed by atoms with Gasteiger partial charge in [-0.2, -0.15) is 8.75 Å². The van der Waals surface area contributed by atoms with Crippen molar-refractivity contribution in [3.8, 4) is 0 Å². The van der Waals surface area contributed by atoms with E-state index in [2.05, 4.69) is 26.7 Å². The summed E-state index contributed by atoms with van der Waals surface area (Å²) in [6.07, 6.45) is 0. The van der Waals surface area contributed by atoms with Gasteiger partial charge in [-0.05, 0) is 30.3 Å². The largest absolute Gasteiger partial charge is 0.319 e. The Hall–Kier alpha value is -1.70. The molecule has 0 spiro atoms. The molecule has 1 heterocycles. The van der Waals surface area contributed by atoms with E-state index in [9.17, 15) is 9.18 Å². The van der Waals surface area contributed by atoms with Crippen LogP contribution in [0.15, 0.2) is 35.2 Å². The lowest BCUT2D eigenvalue weighted by atomic mass is 10.2. The maximum Gasteiger partial charge on any atom is 0.255 e. The zero-order chi connectivity index (χ0) is 15.0. The second kappa shape index (κ2) is 5.59. The third-order valence-electron chi connectivity index (χ3n) is 2.82. The first kappa shape index (κ1) is 14.2. The van der Waals surface area contributed by atoms with Crippen molar-refractivity contribution in [1.29, 1.82) is 0 Å². The van der Waals surface area contributed by atoms with Gasteiger partial charge in [-0.1, -0.05) is 11.6 Å². The molecule has 1 amide bonds. The molecular formula is C13H7ClFN3OS2. The molecular weight excluding hydrogens is 333 g/mol. The number of carbonyl (C=O) groups is 1. The first-order valence-corrected chi connectivity index (χ1v) is 7.32. The minimum atomic E-state index is -0.487. The van der Waals surface area contributed by atoms with Crippen LogP contribution in [0.1, 0.15) is 10.4 Å². The van der Waals surface area contributed by atoms with Gasteiger partial charge in [0.2, 0.25) is 0 Å². The summed E-state index contributed by atoms with van der Waals surface area (Å²) in [6.45, 7) is 0. The summed E-state index contributed by atoms with van der Waals surface area (Å²) < 4.78 is 21.4. The van der Waals surface area contributed by atoms with E-state index in [0.717, 1.165) is 11.7 Å². The molecule has 106 valence electrons. The van der Waals surface area contributed by atoms with Crippen molar-refractivity contribution in [1.82, 2.24) is 8.75 Å². The molecule has 0 aliphatic carbocycles. The lowest BCUT2D eigenvalue weighted by Crippen LogP contribution is -2.12. The van der Waals surface area contributed by atoms with Crippen molar-refractivity contribution in [2.24, 2.45) is 0 Å². The minimum Gasteiger partial charge on any atom is -0.319 e. The Morgan fingerprint density at radius 3 is 2.86 bits per heavy atom. The van der Waals surface area contributed by atoms with Gasteiger partial charge in [-0.15, -0.1) is 12.6 Å². The van der Waals surface area contributed by atoms with Gasteiger partial charge in [0, 0.05) is 10.5 Å². The summed E-state index contributed by atoms with van der Waals surface area (Å²) in [5.74, 6) is -0.911. The molecule has 0 bridgehead atoms. The summed E-state index contributed by atoms with van der Waals surface area (Å²) in [7, 11) is 0. The maximum atomic E-state index is 13.2. The van der Waals surface area contributed by atoms with E-state index in [1.807, 2.05) is 0 Å². The number of halogens is 2. The zero-order valence-corrected chi connectivity index (χ0v) is 12.8. The van der Waals surface area contributed by atoms with E-state index in [1.54, 1.807) is 12.1 Å². The molecule has 0 atom stereocenters. The summed E-state index contributed by atoms with van der Waals surface area (Å²) in [5.41, 5.74) is 1.83. The number of thiol groups is 1. The molecule has 1 N–H and O–H groups in total. The van der Waals surface area contributed by atoms with E-state index in [4.69, 9.17) is 11.6 Å². The molecule has 8 heteroatoms. The molecule has 0 fully saturated rings. The highest BCUT2D eigenvalue weighted by Gasteiger charge is 2.15. The molecule has 21 heavy (non-hydrogen) atoms. The lowest BCUT2D eigenvalue weighted by molar-refractivity contribution is 0.102. The molecule has 0 saturated carbocycles. The zero-order valence-electron chi connectivity index (χ0n) is 10.3. The average molecular weight is 340 g/mol. The second-order valence-electron chi connectivity index (χ2n) is 4.17. The Morgan fingerprint density at radius 2 is 2.10 bits per heavy atom. The van der Waals surface area contributed by atoms with E-state index in [-0.39, 0.29) is 10.5 Å². The topological polar surface area (TPSA) is 54.9 Å². The smallest absolute Gasteiger partial charge is 0.255 e. The number of aromatic nitrogens is 2. The van der Waals surface area contributed by atoms with Gasteiger partial charge < -0.3 is 5.32 Å². The van der Waals surface area contributed by atoms with Gasteiger partial charge in [0.25, 0.3) is 5.91 Å². The minimum absolute atomic E-state index is 0.0993. The van der Waals surface area contributed by atoms with Crippen LogP contribution in [-0.2, 0) is 0 Å². The monoisotopic (exact) mass is 339 g/mol. The lowest BCUT2D eigenvalue weighted by Gasteiger charge is -2.08. The molecule has 3 rings (SSSR count). The predicted octanol–water partition coefficient (Wildman–Crippen LogP) is 4.02. The molecule has 2 aromatic carbocycles. The number of nitrogens with one attached hydrogen (secondary N) is 1. The Bertz CT molecular complexity index is 853. The quantitative estimate of drug-likeness (QED) is 0.693. The Kier molecular flexibility index (Phi) is 3.79. The van der Waals surface area contributed by atoms with E-state index >= 15 is 0 Å². The van der Waals surface area contributed by atoms with Crippen molar-refractivity contribution < 1.29 is 9.18 Å². The van der Waals surface area contributed by atoms with Crippen LogP contribution in [0.4, 0.5) is 10.1 Å². The number of amides is 1. The number of benzene rings is 2. The van der Waals surface area contributed by atoms with Crippen molar-refractivity contribution >= 4 is 58.6 Å². The Morgan fingerprint density at radius 1 is 1.29 bits per heavy atom. The number of fused-ring (bicyclic) bond motifs is 1. The van der Waals surface area contributed by atoms with Crippen molar-refractivity contribution in [3.05, 3.63) is 46.7 Å². The van der Waals surface area contributed by atoms with Gasteiger partial charge in [0.1, 0.15) is 16.9 Å². The van der Waals surface area contributed by atoms with Crippen LogP contribution in [0.5, 0.6) is 0 Å². The number of carbonyl (C=O) groups excluding carboxylic acids is 1. The Labute approximate surface area is 133 Å². The standard InChI is InChI=1S/C13H7ClFN3OS2/c14-7-2-4-9-12(18-21-17-9)11(7)16-13(19)6-1-3-8(15)10(20)5-6/h1-5,20H,(H,16,19).